The summed E-state index contributed by atoms with van der Waals surface area (Å²) in [7, 11) is -4.43. The number of allylic oxidation sites excluding steroid dienone is 2. The normalized spacial score (nSPS) is 14.3. The standard InChI is InChI=1S/C42H68O4Si2/c1-10-11-12-19-26-38(46-48(42(5,6)7,39-27-20-16-21-28-39)40-29-22-17-23-30-40)34-33-37(44)32-31-36(43)25-18-14-13-15-24-35-45-47(8,9)41(2,3)4/h16-17,20-23,26-30,36-37,43-44H,10-15,18-19,24-25,33-35H2,1-9H3. The van der Waals surface area contributed by atoms with Gasteiger partial charge in [0.1, 0.15) is 12.2 Å². The van der Waals surface area contributed by atoms with Crippen molar-refractivity contribution >= 4 is 27.0 Å². The van der Waals surface area contributed by atoms with Gasteiger partial charge in [0, 0.05) is 13.0 Å². The number of rotatable bonds is 20. The maximum absolute atomic E-state index is 10.9. The van der Waals surface area contributed by atoms with Gasteiger partial charge in [0.15, 0.2) is 8.32 Å². The molecule has 2 aromatic carbocycles. The van der Waals surface area contributed by atoms with Crippen LogP contribution >= 0.6 is 0 Å². The van der Waals surface area contributed by atoms with Crippen molar-refractivity contribution in [3.05, 3.63) is 72.5 Å². The lowest BCUT2D eigenvalue weighted by molar-refractivity contribution is 0.205. The maximum Gasteiger partial charge on any atom is 0.319 e. The van der Waals surface area contributed by atoms with E-state index in [1.54, 1.807) is 0 Å². The first-order valence-corrected chi connectivity index (χ1v) is 23.5. The van der Waals surface area contributed by atoms with E-state index >= 15 is 0 Å². The molecule has 0 heterocycles. The van der Waals surface area contributed by atoms with Crippen LogP contribution in [-0.4, -0.2) is 45.7 Å². The van der Waals surface area contributed by atoms with Gasteiger partial charge in [-0.1, -0.05) is 153 Å². The van der Waals surface area contributed by atoms with E-state index in [9.17, 15) is 10.2 Å². The smallest absolute Gasteiger partial charge is 0.319 e. The fourth-order valence-electron chi connectivity index (χ4n) is 5.83. The van der Waals surface area contributed by atoms with Crippen molar-refractivity contribution in [2.45, 2.75) is 161 Å². The average molecular weight is 693 g/mol. The van der Waals surface area contributed by atoms with Gasteiger partial charge < -0.3 is 19.1 Å². The summed E-state index contributed by atoms with van der Waals surface area (Å²) in [4.78, 5) is 0. The summed E-state index contributed by atoms with van der Waals surface area (Å²) >= 11 is 0. The number of hydrogen-bond donors (Lipinski definition) is 2. The van der Waals surface area contributed by atoms with E-state index in [2.05, 4.69) is 140 Å². The minimum atomic E-state index is -2.77. The van der Waals surface area contributed by atoms with Crippen LogP contribution in [-0.2, 0) is 8.85 Å². The lowest BCUT2D eigenvalue weighted by Crippen LogP contribution is -2.66. The second-order valence-corrected chi connectivity index (χ2v) is 25.0. The van der Waals surface area contributed by atoms with E-state index in [-0.39, 0.29) is 10.1 Å². The number of hydrogen-bond acceptors (Lipinski definition) is 4. The topological polar surface area (TPSA) is 58.9 Å². The van der Waals surface area contributed by atoms with Crippen molar-refractivity contribution in [3.8, 4) is 11.8 Å². The number of benzene rings is 2. The number of aliphatic hydroxyl groups is 2. The van der Waals surface area contributed by atoms with Crippen molar-refractivity contribution in [1.82, 2.24) is 0 Å². The van der Waals surface area contributed by atoms with Gasteiger partial charge in [-0.05, 0) is 78.1 Å². The summed E-state index contributed by atoms with van der Waals surface area (Å²) in [6, 6.07) is 21.4. The Kier molecular flexibility index (Phi) is 18.0. The van der Waals surface area contributed by atoms with Crippen LogP contribution in [0, 0.1) is 11.8 Å². The first-order chi connectivity index (χ1) is 22.6. The predicted octanol–water partition coefficient (Wildman–Crippen LogP) is 9.89. The van der Waals surface area contributed by atoms with E-state index in [1.165, 1.54) is 23.2 Å². The Bertz CT molecular complexity index is 1210. The van der Waals surface area contributed by atoms with E-state index in [4.69, 9.17) is 8.85 Å². The van der Waals surface area contributed by atoms with Gasteiger partial charge in [0.05, 0.1) is 5.76 Å². The SMILES string of the molecule is CCCCCC=C(CCC(O)C#CC(O)CCCCCCCO[Si](C)(C)C(C)(C)C)O[Si](c1ccccc1)(c1ccccc1)C(C)(C)C. The zero-order valence-electron chi connectivity index (χ0n) is 31.9. The van der Waals surface area contributed by atoms with Crippen molar-refractivity contribution in [2.24, 2.45) is 0 Å². The largest absolute Gasteiger partial charge is 0.537 e. The molecule has 2 atom stereocenters. The first kappa shape index (κ1) is 42.0. The Balaban J connectivity index is 2.01. The van der Waals surface area contributed by atoms with Crippen LogP contribution in [0.5, 0.6) is 0 Å². The summed E-state index contributed by atoms with van der Waals surface area (Å²) in [5.74, 6) is 6.80. The summed E-state index contributed by atoms with van der Waals surface area (Å²) in [5, 5.41) is 24.0. The minimum absolute atomic E-state index is 0.140. The molecule has 2 rings (SSSR count). The molecule has 0 saturated carbocycles. The molecular formula is C42H68O4Si2. The number of aliphatic hydroxyl groups excluding tert-OH is 2. The van der Waals surface area contributed by atoms with Crippen molar-refractivity contribution in [2.75, 3.05) is 6.61 Å². The van der Waals surface area contributed by atoms with Crippen LogP contribution in [0.1, 0.15) is 126 Å². The number of unbranched alkanes of at least 4 members (excludes halogenated alkanes) is 7. The average Bonchev–Trinajstić information content (AvgIpc) is 3.03. The molecule has 2 N–H and O–H groups in total. The van der Waals surface area contributed by atoms with Crippen LogP contribution in [0.15, 0.2) is 72.5 Å². The Labute approximate surface area is 297 Å². The lowest BCUT2D eigenvalue weighted by Gasteiger charge is -2.43. The second kappa shape index (κ2) is 20.5. The second-order valence-electron chi connectivity index (χ2n) is 16.0. The fraction of sp³-hybridized carbons (Fsp3) is 0.619. The molecule has 0 aromatic heterocycles. The highest BCUT2D eigenvalue weighted by atomic mass is 28.4. The lowest BCUT2D eigenvalue weighted by atomic mass is 10.1. The van der Waals surface area contributed by atoms with Crippen LogP contribution in [0.25, 0.3) is 0 Å². The van der Waals surface area contributed by atoms with Crippen molar-refractivity contribution in [3.63, 3.8) is 0 Å². The zero-order chi connectivity index (χ0) is 35.7. The molecule has 0 aliphatic heterocycles. The first-order valence-electron chi connectivity index (χ1n) is 18.6. The summed E-state index contributed by atoms with van der Waals surface area (Å²) in [6.07, 6.45) is 12.2. The molecule has 0 spiro atoms. The van der Waals surface area contributed by atoms with E-state index in [0.29, 0.717) is 19.3 Å². The van der Waals surface area contributed by atoms with Gasteiger partial charge in [0.25, 0.3) is 0 Å². The molecule has 0 bridgehead atoms. The molecule has 0 amide bonds. The molecule has 0 fully saturated rings. The zero-order valence-corrected chi connectivity index (χ0v) is 33.9. The molecule has 0 radical (unpaired) electrons. The van der Waals surface area contributed by atoms with Gasteiger partial charge in [-0.15, -0.1) is 0 Å². The molecule has 0 saturated heterocycles. The fourth-order valence-corrected chi connectivity index (χ4v) is 11.4. The molecule has 6 heteroatoms. The molecule has 2 unspecified atom stereocenters. The van der Waals surface area contributed by atoms with E-state index < -0.39 is 28.8 Å². The Hall–Kier alpha value is -2.15. The van der Waals surface area contributed by atoms with Gasteiger partial charge in [0.2, 0.25) is 0 Å². The molecule has 0 aliphatic carbocycles. The van der Waals surface area contributed by atoms with Gasteiger partial charge in [-0.3, -0.25) is 0 Å². The van der Waals surface area contributed by atoms with E-state index in [1.807, 2.05) is 0 Å². The van der Waals surface area contributed by atoms with Gasteiger partial charge in [-0.2, -0.15) is 0 Å². The van der Waals surface area contributed by atoms with Gasteiger partial charge in [-0.25, -0.2) is 0 Å². The summed E-state index contributed by atoms with van der Waals surface area (Å²) < 4.78 is 13.6. The molecule has 48 heavy (non-hydrogen) atoms. The summed E-state index contributed by atoms with van der Waals surface area (Å²) in [6.45, 7) is 21.4. The van der Waals surface area contributed by atoms with Gasteiger partial charge >= 0.3 is 8.32 Å². The quantitative estimate of drug-likeness (QED) is 0.0628. The summed E-state index contributed by atoms with van der Waals surface area (Å²) in [5.41, 5.74) is 0. The highest BCUT2D eigenvalue weighted by Gasteiger charge is 2.52. The maximum atomic E-state index is 10.9. The highest BCUT2D eigenvalue weighted by Crippen LogP contribution is 2.39. The van der Waals surface area contributed by atoms with Crippen LogP contribution in [0.2, 0.25) is 23.2 Å². The highest BCUT2D eigenvalue weighted by molar-refractivity contribution is 6.99. The molecule has 268 valence electrons. The van der Waals surface area contributed by atoms with E-state index in [0.717, 1.165) is 57.3 Å². The molecule has 2 aromatic rings. The molecule has 0 aliphatic rings. The minimum Gasteiger partial charge on any atom is -0.537 e. The predicted molar refractivity (Wildman–Crippen MR) is 211 cm³/mol. The van der Waals surface area contributed by atoms with Crippen molar-refractivity contribution in [1.29, 1.82) is 0 Å². The third kappa shape index (κ3) is 13.6. The third-order valence-corrected chi connectivity index (χ3v) is 19.4. The van der Waals surface area contributed by atoms with Crippen molar-refractivity contribution < 1.29 is 19.1 Å². The molecule has 4 nitrogen and oxygen atoms in total. The van der Waals surface area contributed by atoms with Crippen LogP contribution in [0.4, 0.5) is 0 Å². The van der Waals surface area contributed by atoms with Crippen LogP contribution < -0.4 is 10.4 Å². The third-order valence-electron chi connectivity index (χ3n) is 9.85. The monoisotopic (exact) mass is 692 g/mol. The Morgan fingerprint density at radius 2 is 1.23 bits per heavy atom. The van der Waals surface area contributed by atoms with Crippen LogP contribution in [0.3, 0.4) is 0 Å². The Morgan fingerprint density at radius 1 is 0.708 bits per heavy atom. The molecular weight excluding hydrogens is 625 g/mol. The Morgan fingerprint density at radius 3 is 1.75 bits per heavy atom.